The van der Waals surface area contributed by atoms with E-state index in [1.165, 1.54) is 30.4 Å². The summed E-state index contributed by atoms with van der Waals surface area (Å²) in [6.07, 6.45) is 2.23. The molecule has 0 saturated heterocycles. The van der Waals surface area contributed by atoms with Crippen LogP contribution in [0.5, 0.6) is 0 Å². The highest BCUT2D eigenvalue weighted by atomic mass is 32.2. The van der Waals surface area contributed by atoms with Crippen molar-refractivity contribution < 1.29 is 18.1 Å². The van der Waals surface area contributed by atoms with Gasteiger partial charge in [0, 0.05) is 18.2 Å². The summed E-state index contributed by atoms with van der Waals surface area (Å²) in [5, 5.41) is 4.28. The van der Waals surface area contributed by atoms with E-state index in [0.717, 1.165) is 5.56 Å². The topological polar surface area (TPSA) is 73.6 Å². The Balaban J connectivity index is 1.69. The Hall–Kier alpha value is -2.13. The maximum absolute atomic E-state index is 13.0. The van der Waals surface area contributed by atoms with Gasteiger partial charge in [-0.2, -0.15) is 0 Å². The van der Waals surface area contributed by atoms with E-state index in [0.29, 0.717) is 27.2 Å². The van der Waals surface area contributed by atoms with Gasteiger partial charge in [0.1, 0.15) is 5.82 Å². The molecule has 126 valence electrons. The summed E-state index contributed by atoms with van der Waals surface area (Å²) in [7, 11) is -1.26. The Bertz CT molecular complexity index is 858. The van der Waals surface area contributed by atoms with Gasteiger partial charge in [-0.3, -0.25) is 9.00 Å². The highest BCUT2D eigenvalue weighted by Gasteiger charge is 2.14. The molecule has 2 heterocycles. The molecule has 9 heteroatoms. The molecule has 0 aliphatic heterocycles. The number of rotatable bonds is 6. The van der Waals surface area contributed by atoms with E-state index in [1.807, 2.05) is 0 Å². The first-order chi connectivity index (χ1) is 11.5. The van der Waals surface area contributed by atoms with Crippen molar-refractivity contribution in [3.63, 3.8) is 0 Å². The fraction of sp³-hybridized carbons (Fsp3) is 0.267. The minimum absolute atomic E-state index is 0.248. The van der Waals surface area contributed by atoms with E-state index in [9.17, 15) is 13.4 Å². The van der Waals surface area contributed by atoms with Gasteiger partial charge in [-0.15, -0.1) is 5.10 Å². The molecule has 1 aromatic carbocycles. The third-order valence-corrected chi connectivity index (χ3v) is 5.79. The lowest BCUT2D eigenvalue weighted by molar-refractivity contribution is -0.140. The number of aromatic nitrogens is 3. The minimum Gasteiger partial charge on any atom is -0.466 e. The number of esters is 1. The van der Waals surface area contributed by atoms with Gasteiger partial charge >= 0.3 is 5.97 Å². The van der Waals surface area contributed by atoms with Crippen LogP contribution in [0.3, 0.4) is 0 Å². The van der Waals surface area contributed by atoms with Crippen LogP contribution in [0, 0.1) is 5.82 Å². The summed E-state index contributed by atoms with van der Waals surface area (Å²) < 4.78 is 32.0. The second-order valence-corrected chi connectivity index (χ2v) is 7.67. The fourth-order valence-electron chi connectivity index (χ4n) is 2.03. The lowest BCUT2D eigenvalue weighted by Gasteiger charge is -2.00. The molecular formula is C15H14FN3O3S2. The van der Waals surface area contributed by atoms with Crippen LogP contribution < -0.4 is 0 Å². The number of fused-ring (bicyclic) bond motifs is 1. The van der Waals surface area contributed by atoms with Crippen LogP contribution in [-0.2, 0) is 20.3 Å². The quantitative estimate of drug-likeness (QED) is 0.495. The van der Waals surface area contributed by atoms with E-state index in [4.69, 9.17) is 4.74 Å². The van der Waals surface area contributed by atoms with Gasteiger partial charge in [0.05, 0.1) is 29.3 Å². The molecule has 0 saturated carbocycles. The second-order valence-electron chi connectivity index (χ2n) is 4.97. The summed E-state index contributed by atoms with van der Waals surface area (Å²) in [4.78, 5) is 15.7. The maximum atomic E-state index is 13.0. The van der Waals surface area contributed by atoms with Crippen molar-refractivity contribution in [3.8, 4) is 11.3 Å². The van der Waals surface area contributed by atoms with Crippen LogP contribution in [0.4, 0.5) is 4.39 Å². The van der Waals surface area contributed by atoms with Crippen LogP contribution in [0.2, 0.25) is 0 Å². The van der Waals surface area contributed by atoms with Crippen molar-refractivity contribution in [3.05, 3.63) is 36.3 Å². The molecule has 0 fully saturated rings. The van der Waals surface area contributed by atoms with Crippen molar-refractivity contribution in [1.82, 2.24) is 14.6 Å². The second kappa shape index (κ2) is 7.18. The molecule has 3 rings (SSSR count). The molecule has 0 N–H and O–H groups in total. The lowest BCUT2D eigenvalue weighted by atomic mass is 10.2. The average Bonchev–Trinajstić information content (AvgIpc) is 3.10. The van der Waals surface area contributed by atoms with Gasteiger partial charge in [0.15, 0.2) is 0 Å². The zero-order valence-corrected chi connectivity index (χ0v) is 14.4. The molecule has 6 nitrogen and oxygen atoms in total. The van der Waals surface area contributed by atoms with Gasteiger partial charge in [-0.05, 0) is 30.7 Å². The van der Waals surface area contributed by atoms with Crippen molar-refractivity contribution in [2.45, 2.75) is 17.7 Å². The van der Waals surface area contributed by atoms with E-state index < -0.39 is 10.8 Å². The molecule has 0 bridgehead atoms. The zero-order chi connectivity index (χ0) is 17.1. The highest BCUT2D eigenvalue weighted by molar-refractivity contribution is 7.87. The van der Waals surface area contributed by atoms with Gasteiger partial charge < -0.3 is 4.74 Å². The predicted octanol–water partition coefficient (Wildman–Crippen LogP) is 2.66. The number of halogens is 1. The summed E-state index contributed by atoms with van der Waals surface area (Å²) >= 11 is 1.25. The van der Waals surface area contributed by atoms with Crippen LogP contribution in [0.1, 0.15) is 13.3 Å². The summed E-state index contributed by atoms with van der Waals surface area (Å²) in [5.41, 5.74) is 1.47. The molecule has 24 heavy (non-hydrogen) atoms. The number of nitrogens with zero attached hydrogens (tertiary/aromatic N) is 3. The SMILES string of the molecule is CC(=O)OCCCS(=O)c1nn2cc(-c3ccc(F)cc3)nc2s1. The largest absolute Gasteiger partial charge is 0.466 e. The summed E-state index contributed by atoms with van der Waals surface area (Å²) in [6.45, 7) is 1.59. The zero-order valence-electron chi connectivity index (χ0n) is 12.8. The number of imidazole rings is 1. The molecule has 3 aromatic rings. The predicted molar refractivity (Wildman–Crippen MR) is 88.8 cm³/mol. The molecule has 0 aliphatic rings. The maximum Gasteiger partial charge on any atom is 0.302 e. The van der Waals surface area contributed by atoms with E-state index in [2.05, 4.69) is 10.1 Å². The van der Waals surface area contributed by atoms with E-state index in [-0.39, 0.29) is 18.4 Å². The normalized spacial score (nSPS) is 12.4. The average molecular weight is 367 g/mol. The van der Waals surface area contributed by atoms with Crippen LogP contribution >= 0.6 is 11.3 Å². The van der Waals surface area contributed by atoms with Crippen LogP contribution in [-0.4, -0.2) is 37.1 Å². The number of carbonyl (C=O) groups is 1. The molecule has 0 spiro atoms. The Morgan fingerprint density at radius 2 is 2.12 bits per heavy atom. The Kier molecular flexibility index (Phi) is 5.00. The Labute approximate surface area is 143 Å². The van der Waals surface area contributed by atoms with Crippen molar-refractivity contribution in [2.75, 3.05) is 12.4 Å². The molecule has 1 atom stereocenters. The Morgan fingerprint density at radius 1 is 1.38 bits per heavy atom. The summed E-state index contributed by atoms with van der Waals surface area (Å²) in [6, 6.07) is 6.05. The van der Waals surface area contributed by atoms with Crippen LogP contribution in [0.15, 0.2) is 34.8 Å². The number of hydrogen-bond donors (Lipinski definition) is 0. The van der Waals surface area contributed by atoms with Crippen molar-refractivity contribution in [2.24, 2.45) is 0 Å². The monoisotopic (exact) mass is 367 g/mol. The highest BCUT2D eigenvalue weighted by Crippen LogP contribution is 2.24. The third-order valence-electron chi connectivity index (χ3n) is 3.14. The first-order valence-corrected chi connectivity index (χ1v) is 9.30. The van der Waals surface area contributed by atoms with Gasteiger partial charge in [0.2, 0.25) is 9.30 Å². The van der Waals surface area contributed by atoms with E-state index in [1.54, 1.807) is 22.8 Å². The first kappa shape index (κ1) is 16.7. The van der Waals surface area contributed by atoms with Gasteiger partial charge in [-0.1, -0.05) is 11.3 Å². The standard InChI is InChI=1S/C15H14FN3O3S2/c1-10(20)22-7-2-8-24(21)15-18-19-9-13(17-14(19)23-15)11-3-5-12(16)6-4-11/h3-6,9H,2,7-8H2,1H3. The smallest absolute Gasteiger partial charge is 0.302 e. The van der Waals surface area contributed by atoms with Gasteiger partial charge in [0.25, 0.3) is 0 Å². The lowest BCUT2D eigenvalue weighted by Crippen LogP contribution is -2.05. The molecule has 0 aliphatic carbocycles. The van der Waals surface area contributed by atoms with Crippen molar-refractivity contribution in [1.29, 1.82) is 0 Å². The number of benzene rings is 1. The van der Waals surface area contributed by atoms with E-state index >= 15 is 0 Å². The molecule has 1 unspecified atom stereocenters. The molecule has 2 aromatic heterocycles. The van der Waals surface area contributed by atoms with Crippen LogP contribution in [0.25, 0.3) is 16.2 Å². The number of hydrogen-bond acceptors (Lipinski definition) is 6. The summed E-state index contributed by atoms with van der Waals surface area (Å²) in [5.74, 6) is -0.277. The number of ether oxygens (including phenoxy) is 1. The first-order valence-electron chi connectivity index (χ1n) is 7.17. The fourth-order valence-corrected chi connectivity index (χ4v) is 4.22. The van der Waals surface area contributed by atoms with Gasteiger partial charge in [-0.25, -0.2) is 13.9 Å². The Morgan fingerprint density at radius 3 is 2.79 bits per heavy atom. The molecular weight excluding hydrogens is 353 g/mol. The molecule has 0 amide bonds. The van der Waals surface area contributed by atoms with Crippen molar-refractivity contribution >= 4 is 33.1 Å². The number of carbonyl (C=O) groups excluding carboxylic acids is 1. The third kappa shape index (κ3) is 3.85. The minimum atomic E-state index is -1.26. The molecule has 0 radical (unpaired) electrons.